The monoisotopic (exact) mass is 348 g/mol. The van der Waals surface area contributed by atoms with Crippen molar-refractivity contribution in [3.05, 3.63) is 57.8 Å². The van der Waals surface area contributed by atoms with Gasteiger partial charge in [0.05, 0.1) is 5.56 Å². The Hall–Kier alpha value is -1.88. The molecule has 21 heavy (non-hydrogen) atoms. The summed E-state index contributed by atoms with van der Waals surface area (Å²) in [6.45, 7) is 0.609. The molecule has 2 N–H and O–H groups in total. The Balaban J connectivity index is 2.04. The van der Waals surface area contributed by atoms with Gasteiger partial charge in [-0.2, -0.15) is 0 Å². The van der Waals surface area contributed by atoms with E-state index in [-0.39, 0.29) is 5.91 Å². The van der Waals surface area contributed by atoms with E-state index in [1.54, 1.807) is 17.0 Å². The molecule has 0 spiro atoms. The van der Waals surface area contributed by atoms with Gasteiger partial charge in [-0.15, -0.1) is 0 Å². The molecule has 0 atom stereocenters. The maximum atomic E-state index is 13.4. The van der Waals surface area contributed by atoms with Gasteiger partial charge in [0.2, 0.25) is 0 Å². The van der Waals surface area contributed by atoms with Crippen molar-refractivity contribution in [3.8, 4) is 0 Å². The van der Waals surface area contributed by atoms with Gasteiger partial charge in [-0.05, 0) is 64.7 Å². The van der Waals surface area contributed by atoms with Crippen LogP contribution in [0.15, 0.2) is 40.9 Å². The van der Waals surface area contributed by atoms with E-state index in [2.05, 4.69) is 15.9 Å². The predicted molar refractivity (Wildman–Crippen MR) is 85.0 cm³/mol. The van der Waals surface area contributed by atoms with Crippen molar-refractivity contribution in [1.29, 1.82) is 0 Å². The number of halogens is 2. The lowest BCUT2D eigenvalue weighted by molar-refractivity contribution is 0.0984. The highest BCUT2D eigenvalue weighted by atomic mass is 79.9. The van der Waals surface area contributed by atoms with Crippen molar-refractivity contribution in [2.24, 2.45) is 0 Å². The van der Waals surface area contributed by atoms with Crippen molar-refractivity contribution in [3.63, 3.8) is 0 Å². The molecule has 0 aromatic heterocycles. The number of carbonyl (C=O) groups excluding carboxylic acids is 1. The number of nitrogens with two attached hydrogens (primary N) is 1. The zero-order valence-electron chi connectivity index (χ0n) is 11.3. The van der Waals surface area contributed by atoms with E-state index in [0.29, 0.717) is 22.3 Å². The molecule has 2 aromatic rings. The Morgan fingerprint density at radius 2 is 2.05 bits per heavy atom. The summed E-state index contributed by atoms with van der Waals surface area (Å²) in [5.74, 6) is -0.640. The molecule has 0 saturated heterocycles. The Kier molecular flexibility index (Phi) is 3.68. The minimum atomic E-state index is -0.425. The van der Waals surface area contributed by atoms with E-state index < -0.39 is 5.82 Å². The van der Waals surface area contributed by atoms with E-state index in [1.807, 2.05) is 12.1 Å². The predicted octanol–water partition coefficient (Wildman–Crippen LogP) is 3.76. The normalized spacial score (nSPS) is 13.9. The molecule has 1 aliphatic rings. The quantitative estimate of drug-likeness (QED) is 0.797. The third-order valence-corrected chi connectivity index (χ3v) is 4.32. The van der Waals surface area contributed by atoms with Gasteiger partial charge in [-0.3, -0.25) is 4.79 Å². The standard InChI is InChI=1S/C16H14BrFN2O/c17-14-6-4-11(18)8-13(14)16(21)20-7-1-2-10-3-5-12(19)9-15(10)20/h3-6,8-9H,1-2,7,19H2. The first-order valence-electron chi connectivity index (χ1n) is 6.71. The Morgan fingerprint density at radius 1 is 1.24 bits per heavy atom. The Bertz CT molecular complexity index is 717. The number of rotatable bonds is 1. The Morgan fingerprint density at radius 3 is 2.86 bits per heavy atom. The topological polar surface area (TPSA) is 46.3 Å². The number of aryl methyl sites for hydroxylation is 1. The lowest BCUT2D eigenvalue weighted by Crippen LogP contribution is -2.35. The molecule has 0 saturated carbocycles. The molecule has 1 heterocycles. The third-order valence-electron chi connectivity index (χ3n) is 3.63. The van der Waals surface area contributed by atoms with Crippen molar-refractivity contribution >= 4 is 33.2 Å². The molecule has 0 bridgehead atoms. The number of carbonyl (C=O) groups is 1. The van der Waals surface area contributed by atoms with Crippen LogP contribution in [0.3, 0.4) is 0 Å². The fourth-order valence-electron chi connectivity index (χ4n) is 2.61. The van der Waals surface area contributed by atoms with Crippen LogP contribution in [0.5, 0.6) is 0 Å². The van der Waals surface area contributed by atoms with Crippen LogP contribution in [0.4, 0.5) is 15.8 Å². The van der Waals surface area contributed by atoms with Crippen molar-refractivity contribution in [2.45, 2.75) is 12.8 Å². The molecule has 0 radical (unpaired) electrons. The van der Waals surface area contributed by atoms with E-state index in [0.717, 1.165) is 24.1 Å². The van der Waals surface area contributed by atoms with Crippen LogP contribution in [0.1, 0.15) is 22.3 Å². The molecule has 1 aliphatic heterocycles. The lowest BCUT2D eigenvalue weighted by atomic mass is 10.00. The Labute approximate surface area is 130 Å². The van der Waals surface area contributed by atoms with Crippen LogP contribution in [-0.2, 0) is 6.42 Å². The van der Waals surface area contributed by atoms with Gasteiger partial charge in [0.15, 0.2) is 0 Å². The van der Waals surface area contributed by atoms with Gasteiger partial charge in [0.25, 0.3) is 5.91 Å². The van der Waals surface area contributed by atoms with Crippen molar-refractivity contribution < 1.29 is 9.18 Å². The van der Waals surface area contributed by atoms with Crippen molar-refractivity contribution in [2.75, 3.05) is 17.2 Å². The number of nitrogen functional groups attached to an aromatic ring is 1. The molecule has 0 unspecified atom stereocenters. The van der Waals surface area contributed by atoms with Crippen LogP contribution in [-0.4, -0.2) is 12.5 Å². The van der Waals surface area contributed by atoms with Crippen LogP contribution in [0.25, 0.3) is 0 Å². The number of nitrogens with zero attached hydrogens (tertiary/aromatic N) is 1. The molecule has 5 heteroatoms. The highest BCUT2D eigenvalue weighted by Crippen LogP contribution is 2.31. The minimum absolute atomic E-state index is 0.215. The van der Waals surface area contributed by atoms with Gasteiger partial charge < -0.3 is 10.6 Å². The summed E-state index contributed by atoms with van der Waals surface area (Å²) in [5.41, 5.74) is 8.69. The average molecular weight is 349 g/mol. The summed E-state index contributed by atoms with van der Waals surface area (Å²) in [7, 11) is 0. The van der Waals surface area contributed by atoms with Crippen LogP contribution >= 0.6 is 15.9 Å². The van der Waals surface area contributed by atoms with E-state index >= 15 is 0 Å². The fourth-order valence-corrected chi connectivity index (χ4v) is 3.03. The molecule has 3 nitrogen and oxygen atoms in total. The van der Waals surface area contributed by atoms with Crippen LogP contribution < -0.4 is 10.6 Å². The molecule has 0 aliphatic carbocycles. The molecule has 2 aromatic carbocycles. The van der Waals surface area contributed by atoms with Gasteiger partial charge in [0, 0.05) is 22.4 Å². The summed E-state index contributed by atoms with van der Waals surface area (Å²) in [6.07, 6.45) is 1.80. The molecule has 0 fully saturated rings. The maximum Gasteiger partial charge on any atom is 0.259 e. The SMILES string of the molecule is Nc1ccc2c(c1)N(C(=O)c1cc(F)ccc1Br)CCC2. The number of hydrogen-bond donors (Lipinski definition) is 1. The first-order valence-corrected chi connectivity index (χ1v) is 7.51. The number of benzene rings is 2. The average Bonchev–Trinajstić information content (AvgIpc) is 2.48. The second-order valence-corrected chi connectivity index (χ2v) is 5.93. The number of fused-ring (bicyclic) bond motifs is 1. The molecular formula is C16H14BrFN2O. The summed E-state index contributed by atoms with van der Waals surface area (Å²) < 4.78 is 14.0. The van der Waals surface area contributed by atoms with Crippen LogP contribution in [0.2, 0.25) is 0 Å². The molecule has 108 valence electrons. The second kappa shape index (κ2) is 5.48. The number of hydrogen-bond acceptors (Lipinski definition) is 2. The van der Waals surface area contributed by atoms with Gasteiger partial charge in [-0.1, -0.05) is 6.07 Å². The van der Waals surface area contributed by atoms with Gasteiger partial charge in [0.1, 0.15) is 5.82 Å². The second-order valence-electron chi connectivity index (χ2n) is 5.07. The zero-order chi connectivity index (χ0) is 15.0. The highest BCUT2D eigenvalue weighted by molar-refractivity contribution is 9.10. The third kappa shape index (κ3) is 2.65. The van der Waals surface area contributed by atoms with E-state index in [1.165, 1.54) is 12.1 Å². The molecule has 3 rings (SSSR count). The van der Waals surface area contributed by atoms with Gasteiger partial charge in [-0.25, -0.2) is 4.39 Å². The van der Waals surface area contributed by atoms with Gasteiger partial charge >= 0.3 is 0 Å². The minimum Gasteiger partial charge on any atom is -0.399 e. The number of anilines is 2. The van der Waals surface area contributed by atoms with Crippen molar-refractivity contribution in [1.82, 2.24) is 0 Å². The molecule has 1 amide bonds. The lowest BCUT2D eigenvalue weighted by Gasteiger charge is -2.30. The zero-order valence-corrected chi connectivity index (χ0v) is 12.9. The highest BCUT2D eigenvalue weighted by Gasteiger charge is 2.25. The molecular weight excluding hydrogens is 335 g/mol. The smallest absolute Gasteiger partial charge is 0.259 e. The summed E-state index contributed by atoms with van der Waals surface area (Å²) in [6, 6.07) is 9.72. The summed E-state index contributed by atoms with van der Waals surface area (Å²) >= 11 is 3.31. The van der Waals surface area contributed by atoms with E-state index in [4.69, 9.17) is 5.73 Å². The number of amides is 1. The first kappa shape index (κ1) is 14.1. The fraction of sp³-hybridized carbons (Fsp3) is 0.188. The summed E-state index contributed by atoms with van der Waals surface area (Å²) in [5, 5.41) is 0. The van der Waals surface area contributed by atoms with Crippen LogP contribution in [0, 0.1) is 5.82 Å². The van der Waals surface area contributed by atoms with E-state index in [9.17, 15) is 9.18 Å². The largest absolute Gasteiger partial charge is 0.399 e. The first-order chi connectivity index (χ1) is 10.1. The maximum absolute atomic E-state index is 13.4. The summed E-state index contributed by atoms with van der Waals surface area (Å²) in [4.78, 5) is 14.4.